The van der Waals surface area contributed by atoms with E-state index >= 15 is 0 Å². The summed E-state index contributed by atoms with van der Waals surface area (Å²) < 4.78 is 10.4. The van der Waals surface area contributed by atoms with Crippen molar-refractivity contribution in [2.75, 3.05) is 14.2 Å². The fraction of sp³-hybridized carbons (Fsp3) is 0.333. The number of methoxy groups -OCH3 is 2. The lowest BCUT2D eigenvalue weighted by Gasteiger charge is -2.11. The van der Waals surface area contributed by atoms with Crippen molar-refractivity contribution in [2.24, 2.45) is 0 Å². The fourth-order valence-corrected chi connectivity index (χ4v) is 2.59. The minimum Gasteiger partial charge on any atom is -0.497 e. The van der Waals surface area contributed by atoms with Crippen molar-refractivity contribution < 1.29 is 19.1 Å². The number of amides is 2. The van der Waals surface area contributed by atoms with E-state index in [2.05, 4.69) is 5.32 Å². The van der Waals surface area contributed by atoms with Crippen molar-refractivity contribution in [3.63, 3.8) is 0 Å². The second-order valence-corrected chi connectivity index (χ2v) is 4.94. The summed E-state index contributed by atoms with van der Waals surface area (Å²) in [6.45, 7) is 0. The highest BCUT2D eigenvalue weighted by Gasteiger charge is 2.32. The lowest BCUT2D eigenvalue weighted by atomic mass is 10.1. The fourth-order valence-electron chi connectivity index (χ4n) is 1.75. The minimum absolute atomic E-state index is 0.247. The Hall–Kier alpha value is -1.69. The zero-order valence-electron chi connectivity index (χ0n) is 10.1. The molecule has 0 spiro atoms. The average molecular weight is 267 g/mol. The molecule has 2 amide bonds. The van der Waals surface area contributed by atoms with E-state index in [0.29, 0.717) is 17.9 Å². The van der Waals surface area contributed by atoms with Crippen LogP contribution < -0.4 is 14.8 Å². The number of hydrogen-bond acceptors (Lipinski definition) is 5. The number of hydrogen-bond donors (Lipinski definition) is 1. The summed E-state index contributed by atoms with van der Waals surface area (Å²) in [5.74, 6) is 1.10. The quantitative estimate of drug-likeness (QED) is 0.897. The second-order valence-electron chi connectivity index (χ2n) is 3.77. The van der Waals surface area contributed by atoms with Crippen molar-refractivity contribution in [2.45, 2.75) is 11.7 Å². The van der Waals surface area contributed by atoms with Gasteiger partial charge in [-0.15, -0.1) is 0 Å². The molecule has 0 aliphatic carbocycles. The van der Waals surface area contributed by atoms with Gasteiger partial charge in [-0.1, -0.05) is 17.8 Å². The number of imide groups is 1. The molecule has 0 aromatic heterocycles. The van der Waals surface area contributed by atoms with Crippen LogP contribution in [-0.4, -0.2) is 30.6 Å². The molecule has 1 N–H and O–H groups in total. The topological polar surface area (TPSA) is 64.6 Å². The SMILES string of the molecule is COc1ccc(C[C@H]2SC(=O)NC2=O)c(OC)c1. The Morgan fingerprint density at radius 1 is 1.28 bits per heavy atom. The van der Waals surface area contributed by atoms with Crippen LogP contribution in [0, 0.1) is 0 Å². The molecule has 0 saturated carbocycles. The van der Waals surface area contributed by atoms with E-state index in [0.717, 1.165) is 17.3 Å². The van der Waals surface area contributed by atoms with Crippen LogP contribution >= 0.6 is 11.8 Å². The molecule has 1 heterocycles. The first-order valence-corrected chi connectivity index (χ1v) is 6.24. The Morgan fingerprint density at radius 2 is 2.06 bits per heavy atom. The van der Waals surface area contributed by atoms with Gasteiger partial charge in [0.25, 0.3) is 5.24 Å². The Bertz CT molecular complexity index is 489. The van der Waals surface area contributed by atoms with Gasteiger partial charge < -0.3 is 9.47 Å². The summed E-state index contributed by atoms with van der Waals surface area (Å²) >= 11 is 1.01. The van der Waals surface area contributed by atoms with Crippen molar-refractivity contribution >= 4 is 22.9 Å². The van der Waals surface area contributed by atoms with Gasteiger partial charge in [-0.25, -0.2) is 0 Å². The molecule has 18 heavy (non-hydrogen) atoms. The highest BCUT2D eigenvalue weighted by molar-refractivity contribution is 8.15. The maximum absolute atomic E-state index is 11.5. The molecule has 1 aliphatic heterocycles. The molecular weight excluding hydrogens is 254 g/mol. The third-order valence-corrected chi connectivity index (χ3v) is 3.65. The molecule has 1 fully saturated rings. The molecule has 0 bridgehead atoms. The minimum atomic E-state index is -0.389. The number of ether oxygens (including phenoxy) is 2. The largest absolute Gasteiger partial charge is 0.497 e. The van der Waals surface area contributed by atoms with Gasteiger partial charge in [0.05, 0.1) is 19.5 Å². The van der Waals surface area contributed by atoms with Gasteiger partial charge in [-0.3, -0.25) is 14.9 Å². The van der Waals surface area contributed by atoms with Gasteiger partial charge >= 0.3 is 0 Å². The Kier molecular flexibility index (Phi) is 3.76. The first kappa shape index (κ1) is 12.8. The molecule has 1 aromatic rings. The number of benzene rings is 1. The van der Waals surface area contributed by atoms with Gasteiger partial charge in [-0.2, -0.15) is 0 Å². The third kappa shape index (κ3) is 2.59. The van der Waals surface area contributed by atoms with Gasteiger partial charge in [0, 0.05) is 6.07 Å². The van der Waals surface area contributed by atoms with Crippen LogP contribution in [0.2, 0.25) is 0 Å². The molecule has 1 aromatic carbocycles. The second kappa shape index (κ2) is 5.30. The van der Waals surface area contributed by atoms with Crippen LogP contribution in [0.1, 0.15) is 5.56 Å². The van der Waals surface area contributed by atoms with Crippen molar-refractivity contribution in [1.29, 1.82) is 0 Å². The van der Waals surface area contributed by atoms with Crippen LogP contribution in [0.5, 0.6) is 11.5 Å². The monoisotopic (exact) mass is 267 g/mol. The zero-order valence-corrected chi connectivity index (χ0v) is 10.9. The molecule has 1 saturated heterocycles. The van der Waals surface area contributed by atoms with Crippen molar-refractivity contribution in [3.8, 4) is 11.5 Å². The maximum atomic E-state index is 11.5. The van der Waals surface area contributed by atoms with Gasteiger partial charge in [0.2, 0.25) is 5.91 Å². The first-order valence-electron chi connectivity index (χ1n) is 5.36. The lowest BCUT2D eigenvalue weighted by Crippen LogP contribution is -2.25. The summed E-state index contributed by atoms with van der Waals surface area (Å²) in [7, 11) is 3.14. The molecule has 6 heteroatoms. The molecular formula is C12H13NO4S. The predicted octanol–water partition coefficient (Wildman–Crippen LogP) is 1.60. The summed E-state index contributed by atoms with van der Waals surface area (Å²) in [5, 5.41) is 1.58. The standard InChI is InChI=1S/C12H13NO4S/c1-16-8-4-3-7(9(6-8)17-2)5-10-11(14)13-12(15)18-10/h3-4,6,10H,5H2,1-2H3,(H,13,14,15)/t10-/m1/s1. The summed E-state index contributed by atoms with van der Waals surface area (Å²) in [5.41, 5.74) is 0.876. The number of rotatable bonds is 4. The zero-order chi connectivity index (χ0) is 13.1. The van der Waals surface area contributed by atoms with Crippen molar-refractivity contribution in [1.82, 2.24) is 5.32 Å². The van der Waals surface area contributed by atoms with E-state index in [1.807, 2.05) is 6.07 Å². The molecule has 5 nitrogen and oxygen atoms in total. The first-order chi connectivity index (χ1) is 8.63. The Balaban J connectivity index is 2.18. The van der Waals surface area contributed by atoms with Gasteiger partial charge in [0.15, 0.2) is 0 Å². The van der Waals surface area contributed by atoms with E-state index < -0.39 is 0 Å². The Morgan fingerprint density at radius 3 is 2.61 bits per heavy atom. The molecule has 1 atom stereocenters. The van der Waals surface area contributed by atoms with Crippen LogP contribution in [0.4, 0.5) is 4.79 Å². The molecule has 2 rings (SSSR count). The number of nitrogens with one attached hydrogen (secondary N) is 1. The van der Waals surface area contributed by atoms with E-state index in [-0.39, 0.29) is 16.4 Å². The summed E-state index contributed by atoms with van der Waals surface area (Å²) in [6.07, 6.45) is 0.454. The highest BCUT2D eigenvalue weighted by Crippen LogP contribution is 2.30. The smallest absolute Gasteiger partial charge is 0.286 e. The Labute approximate surface area is 109 Å². The van der Waals surface area contributed by atoms with E-state index in [9.17, 15) is 9.59 Å². The van der Waals surface area contributed by atoms with Crippen LogP contribution in [-0.2, 0) is 11.2 Å². The van der Waals surface area contributed by atoms with E-state index in [4.69, 9.17) is 9.47 Å². The van der Waals surface area contributed by atoms with E-state index in [1.165, 1.54) is 0 Å². The number of carbonyl (C=O) groups excluding carboxylic acids is 2. The number of carbonyl (C=O) groups is 2. The van der Waals surface area contributed by atoms with Gasteiger partial charge in [0.1, 0.15) is 11.5 Å². The molecule has 1 aliphatic rings. The highest BCUT2D eigenvalue weighted by atomic mass is 32.2. The van der Waals surface area contributed by atoms with Crippen LogP contribution in [0.25, 0.3) is 0 Å². The normalized spacial score (nSPS) is 18.7. The van der Waals surface area contributed by atoms with Gasteiger partial charge in [-0.05, 0) is 18.1 Å². The maximum Gasteiger partial charge on any atom is 0.286 e. The average Bonchev–Trinajstić information content (AvgIpc) is 2.68. The molecule has 0 radical (unpaired) electrons. The summed E-state index contributed by atoms with van der Waals surface area (Å²) in [6, 6.07) is 5.40. The van der Waals surface area contributed by atoms with E-state index in [1.54, 1.807) is 26.4 Å². The lowest BCUT2D eigenvalue weighted by molar-refractivity contribution is -0.118. The van der Waals surface area contributed by atoms with Crippen LogP contribution in [0.15, 0.2) is 18.2 Å². The molecule has 0 unspecified atom stereocenters. The molecule has 96 valence electrons. The predicted molar refractivity (Wildman–Crippen MR) is 68.2 cm³/mol. The van der Waals surface area contributed by atoms with Crippen molar-refractivity contribution in [3.05, 3.63) is 23.8 Å². The number of thioether (sulfide) groups is 1. The third-order valence-electron chi connectivity index (χ3n) is 2.67. The summed E-state index contributed by atoms with van der Waals surface area (Å²) in [4.78, 5) is 22.6. The van der Waals surface area contributed by atoms with Crippen LogP contribution in [0.3, 0.4) is 0 Å².